The van der Waals surface area contributed by atoms with Crippen LogP contribution < -0.4 is 5.73 Å². The summed E-state index contributed by atoms with van der Waals surface area (Å²) in [6.45, 7) is 5.17. The number of hydrogen-bond donors (Lipinski definition) is 1. The molecule has 3 heteroatoms. The summed E-state index contributed by atoms with van der Waals surface area (Å²) in [6, 6.07) is 8.00. The van der Waals surface area contributed by atoms with Gasteiger partial charge in [0.15, 0.2) is 0 Å². The number of nitrogens with two attached hydrogens (primary N) is 1. The summed E-state index contributed by atoms with van der Waals surface area (Å²) in [5.41, 5.74) is 7.93. The maximum atomic E-state index is 5.87. The second-order valence-corrected chi connectivity index (χ2v) is 4.61. The number of anilines is 1. The monoisotopic (exact) mass is 234 g/mol. The van der Waals surface area contributed by atoms with Crippen molar-refractivity contribution in [1.29, 1.82) is 0 Å². The molecule has 0 aromatic heterocycles. The maximum absolute atomic E-state index is 5.87. The number of likely N-dealkylation sites (tertiary alicyclic amines) is 1. The van der Waals surface area contributed by atoms with E-state index in [0.717, 1.165) is 31.9 Å². The van der Waals surface area contributed by atoms with Crippen LogP contribution in [0.25, 0.3) is 0 Å². The minimum Gasteiger partial charge on any atom is -0.399 e. The van der Waals surface area contributed by atoms with Gasteiger partial charge in [0, 0.05) is 12.2 Å². The van der Waals surface area contributed by atoms with Gasteiger partial charge in [-0.1, -0.05) is 18.2 Å². The summed E-state index contributed by atoms with van der Waals surface area (Å²) < 4.78 is 5.66. The van der Waals surface area contributed by atoms with E-state index in [-0.39, 0.29) is 0 Å². The summed E-state index contributed by atoms with van der Waals surface area (Å²) >= 11 is 0. The molecule has 1 aliphatic heterocycles. The van der Waals surface area contributed by atoms with E-state index < -0.39 is 0 Å². The number of benzene rings is 1. The fourth-order valence-electron chi connectivity index (χ4n) is 2.25. The van der Waals surface area contributed by atoms with E-state index in [4.69, 9.17) is 10.5 Å². The van der Waals surface area contributed by atoms with Gasteiger partial charge in [-0.25, -0.2) is 0 Å². The zero-order valence-corrected chi connectivity index (χ0v) is 10.4. The van der Waals surface area contributed by atoms with E-state index >= 15 is 0 Å². The van der Waals surface area contributed by atoms with Crippen LogP contribution >= 0.6 is 0 Å². The molecule has 0 unspecified atom stereocenters. The Morgan fingerprint density at radius 1 is 1.12 bits per heavy atom. The standard InChI is InChI=1S/C14H22N2O/c15-14-6-2-1-5-13(14)7-11-17-12-10-16-8-3-4-9-16/h1-2,5-6H,3-4,7-12,15H2. The minimum absolute atomic E-state index is 0.766. The molecule has 2 rings (SSSR count). The van der Waals surface area contributed by atoms with Crippen LogP contribution in [0.2, 0.25) is 0 Å². The smallest absolute Gasteiger partial charge is 0.0593 e. The number of nitrogen functional groups attached to an aromatic ring is 1. The molecule has 2 N–H and O–H groups in total. The van der Waals surface area contributed by atoms with Crippen LogP contribution in [-0.4, -0.2) is 37.7 Å². The van der Waals surface area contributed by atoms with Gasteiger partial charge in [0.05, 0.1) is 13.2 Å². The molecule has 0 radical (unpaired) electrons. The van der Waals surface area contributed by atoms with Gasteiger partial charge in [-0.15, -0.1) is 0 Å². The highest BCUT2D eigenvalue weighted by atomic mass is 16.5. The van der Waals surface area contributed by atoms with E-state index in [1.165, 1.54) is 31.5 Å². The van der Waals surface area contributed by atoms with Crippen LogP contribution in [0, 0.1) is 0 Å². The lowest BCUT2D eigenvalue weighted by molar-refractivity contribution is 0.113. The Hall–Kier alpha value is -1.06. The highest BCUT2D eigenvalue weighted by Crippen LogP contribution is 2.11. The number of para-hydroxylation sites is 1. The number of hydrogen-bond acceptors (Lipinski definition) is 3. The first kappa shape index (κ1) is 12.4. The van der Waals surface area contributed by atoms with Crippen LogP contribution in [0.15, 0.2) is 24.3 Å². The highest BCUT2D eigenvalue weighted by molar-refractivity contribution is 5.46. The van der Waals surface area contributed by atoms with E-state index in [2.05, 4.69) is 11.0 Å². The van der Waals surface area contributed by atoms with Crippen molar-refractivity contribution in [2.45, 2.75) is 19.3 Å². The van der Waals surface area contributed by atoms with Crippen molar-refractivity contribution in [2.75, 3.05) is 38.6 Å². The number of ether oxygens (including phenoxy) is 1. The molecule has 1 aromatic rings. The highest BCUT2D eigenvalue weighted by Gasteiger charge is 2.10. The van der Waals surface area contributed by atoms with E-state index in [1.54, 1.807) is 0 Å². The topological polar surface area (TPSA) is 38.5 Å². The Morgan fingerprint density at radius 2 is 1.88 bits per heavy atom. The molecule has 1 heterocycles. The molecule has 0 spiro atoms. The normalized spacial score (nSPS) is 16.5. The lowest BCUT2D eigenvalue weighted by atomic mass is 10.1. The molecule has 0 aliphatic carbocycles. The van der Waals surface area contributed by atoms with Gasteiger partial charge in [-0.3, -0.25) is 0 Å². The van der Waals surface area contributed by atoms with E-state index in [0.29, 0.717) is 0 Å². The van der Waals surface area contributed by atoms with Gasteiger partial charge >= 0.3 is 0 Å². The van der Waals surface area contributed by atoms with Crippen LogP contribution in [0.4, 0.5) is 5.69 Å². The Balaban J connectivity index is 1.58. The van der Waals surface area contributed by atoms with Gasteiger partial charge in [0.25, 0.3) is 0 Å². The fraction of sp³-hybridized carbons (Fsp3) is 0.571. The summed E-state index contributed by atoms with van der Waals surface area (Å²) in [5.74, 6) is 0. The van der Waals surface area contributed by atoms with Crippen molar-refractivity contribution in [3.63, 3.8) is 0 Å². The Bertz CT molecular complexity index is 335. The first-order valence-electron chi connectivity index (χ1n) is 6.50. The number of nitrogens with zero attached hydrogens (tertiary/aromatic N) is 1. The molecule has 1 fully saturated rings. The molecule has 94 valence electrons. The lowest BCUT2D eigenvalue weighted by Crippen LogP contribution is -2.24. The van der Waals surface area contributed by atoms with Gasteiger partial charge in [0.2, 0.25) is 0 Å². The third-order valence-corrected chi connectivity index (χ3v) is 3.32. The molecular weight excluding hydrogens is 212 g/mol. The molecule has 0 atom stereocenters. The molecule has 1 saturated heterocycles. The van der Waals surface area contributed by atoms with Crippen molar-refractivity contribution in [1.82, 2.24) is 4.90 Å². The van der Waals surface area contributed by atoms with Crippen LogP contribution in [0.5, 0.6) is 0 Å². The van der Waals surface area contributed by atoms with Crippen molar-refractivity contribution in [3.05, 3.63) is 29.8 Å². The average Bonchev–Trinajstić information content (AvgIpc) is 2.84. The predicted octanol–water partition coefficient (Wildman–Crippen LogP) is 1.92. The zero-order chi connectivity index (χ0) is 11.9. The summed E-state index contributed by atoms with van der Waals surface area (Å²) in [5, 5.41) is 0. The van der Waals surface area contributed by atoms with Crippen molar-refractivity contribution < 1.29 is 4.74 Å². The van der Waals surface area contributed by atoms with Gasteiger partial charge < -0.3 is 15.4 Å². The molecule has 1 aromatic carbocycles. The zero-order valence-electron chi connectivity index (χ0n) is 10.4. The van der Waals surface area contributed by atoms with Crippen LogP contribution in [0.1, 0.15) is 18.4 Å². The van der Waals surface area contributed by atoms with Crippen LogP contribution in [-0.2, 0) is 11.2 Å². The first-order valence-corrected chi connectivity index (χ1v) is 6.50. The largest absolute Gasteiger partial charge is 0.399 e. The van der Waals surface area contributed by atoms with Crippen molar-refractivity contribution >= 4 is 5.69 Å². The summed E-state index contributed by atoms with van der Waals surface area (Å²) in [7, 11) is 0. The SMILES string of the molecule is Nc1ccccc1CCOCCN1CCCC1. The van der Waals surface area contributed by atoms with Gasteiger partial charge in [-0.05, 0) is 44.0 Å². The van der Waals surface area contributed by atoms with E-state index in [1.807, 2.05) is 18.2 Å². The van der Waals surface area contributed by atoms with Gasteiger partial charge in [0.1, 0.15) is 0 Å². The summed E-state index contributed by atoms with van der Waals surface area (Å²) in [4.78, 5) is 2.47. The van der Waals surface area contributed by atoms with Crippen LogP contribution in [0.3, 0.4) is 0 Å². The molecule has 17 heavy (non-hydrogen) atoms. The second kappa shape index (κ2) is 6.62. The van der Waals surface area contributed by atoms with Crippen molar-refractivity contribution in [2.24, 2.45) is 0 Å². The predicted molar refractivity (Wildman–Crippen MR) is 71.1 cm³/mol. The first-order chi connectivity index (χ1) is 8.36. The average molecular weight is 234 g/mol. The number of rotatable bonds is 6. The maximum Gasteiger partial charge on any atom is 0.0593 e. The van der Waals surface area contributed by atoms with Crippen molar-refractivity contribution in [3.8, 4) is 0 Å². The quantitative estimate of drug-likeness (QED) is 0.604. The molecule has 0 saturated carbocycles. The minimum atomic E-state index is 0.766. The third kappa shape index (κ3) is 4.02. The fourth-order valence-corrected chi connectivity index (χ4v) is 2.25. The summed E-state index contributed by atoms with van der Waals surface area (Å²) in [6.07, 6.45) is 3.60. The Morgan fingerprint density at radius 3 is 2.65 bits per heavy atom. The Labute approximate surface area is 104 Å². The molecule has 1 aliphatic rings. The Kier molecular flexibility index (Phi) is 4.83. The molecule has 0 amide bonds. The molecule has 3 nitrogen and oxygen atoms in total. The lowest BCUT2D eigenvalue weighted by Gasteiger charge is -2.14. The van der Waals surface area contributed by atoms with E-state index in [9.17, 15) is 0 Å². The van der Waals surface area contributed by atoms with Gasteiger partial charge in [-0.2, -0.15) is 0 Å². The molecule has 0 bridgehead atoms. The third-order valence-electron chi connectivity index (χ3n) is 3.32. The second-order valence-electron chi connectivity index (χ2n) is 4.61. The molecular formula is C14H22N2O.